The van der Waals surface area contributed by atoms with Crippen molar-refractivity contribution in [2.45, 2.75) is 6.42 Å². The molecule has 0 aliphatic rings. The lowest BCUT2D eigenvalue weighted by molar-refractivity contribution is -0.109. The number of nitrogens with one attached hydrogen (secondary N) is 2. The van der Waals surface area contributed by atoms with Crippen molar-refractivity contribution in [2.75, 3.05) is 18.4 Å². The maximum absolute atomic E-state index is 13.4. The third-order valence-corrected chi connectivity index (χ3v) is 3.29. The van der Waals surface area contributed by atoms with Crippen molar-refractivity contribution in [1.29, 1.82) is 0 Å². The van der Waals surface area contributed by atoms with Gasteiger partial charge in [0, 0.05) is 13.1 Å². The maximum atomic E-state index is 13.4. The molecule has 7 nitrogen and oxygen atoms in total. The molecule has 23 heavy (non-hydrogen) atoms. The van der Waals surface area contributed by atoms with Crippen molar-refractivity contribution in [2.24, 2.45) is 0 Å². The minimum Gasteiger partial charge on any atom is -0.369 e. The van der Waals surface area contributed by atoms with Crippen LogP contribution >= 0.6 is 0 Å². The number of hydrogen-bond acceptors (Lipinski definition) is 5. The van der Waals surface area contributed by atoms with Crippen molar-refractivity contribution in [1.82, 2.24) is 25.1 Å². The first kappa shape index (κ1) is 14.9. The van der Waals surface area contributed by atoms with Crippen molar-refractivity contribution in [3.8, 4) is 5.69 Å². The lowest BCUT2D eigenvalue weighted by atomic mass is 10.3. The summed E-state index contributed by atoms with van der Waals surface area (Å²) in [6.07, 6.45) is 4.52. The first-order valence-electron chi connectivity index (χ1n) is 7.15. The molecule has 0 saturated heterocycles. The predicted molar refractivity (Wildman–Crippen MR) is 83.8 cm³/mol. The van der Waals surface area contributed by atoms with E-state index in [0.29, 0.717) is 36.7 Å². The molecule has 2 heterocycles. The van der Waals surface area contributed by atoms with Crippen LogP contribution in [0.5, 0.6) is 0 Å². The molecular formula is C15H15FN6O. The zero-order valence-corrected chi connectivity index (χ0v) is 12.2. The quantitative estimate of drug-likeness (QED) is 0.510. The van der Waals surface area contributed by atoms with Crippen LogP contribution in [0, 0.1) is 5.82 Å². The number of carbonyl (C=O) groups is 1. The standard InChI is InChI=1S/C15H15FN6O/c16-11-3-1-4-12(7-11)22-15-13(8-21-22)14(19-9-20-15)18-6-2-5-17-10-23/h1,3-4,7-10H,2,5-6H2,(H,17,23)(H,18,19,20). The van der Waals surface area contributed by atoms with E-state index in [1.165, 1.54) is 18.5 Å². The van der Waals surface area contributed by atoms with E-state index in [0.717, 1.165) is 11.8 Å². The van der Waals surface area contributed by atoms with Crippen LogP contribution in [-0.2, 0) is 4.79 Å². The number of halogens is 1. The molecule has 118 valence electrons. The molecule has 0 bridgehead atoms. The third kappa shape index (κ3) is 3.25. The zero-order valence-electron chi connectivity index (χ0n) is 12.2. The molecule has 2 N–H and O–H groups in total. The lowest BCUT2D eigenvalue weighted by Crippen LogP contribution is -2.16. The van der Waals surface area contributed by atoms with Crippen LogP contribution < -0.4 is 10.6 Å². The van der Waals surface area contributed by atoms with Gasteiger partial charge in [-0.1, -0.05) is 6.07 Å². The van der Waals surface area contributed by atoms with E-state index < -0.39 is 0 Å². The van der Waals surface area contributed by atoms with Crippen LogP contribution in [0.3, 0.4) is 0 Å². The second-order valence-electron chi connectivity index (χ2n) is 4.85. The van der Waals surface area contributed by atoms with Crippen LogP contribution in [0.4, 0.5) is 10.2 Å². The topological polar surface area (TPSA) is 84.7 Å². The van der Waals surface area contributed by atoms with Gasteiger partial charge in [0.1, 0.15) is 18.0 Å². The highest BCUT2D eigenvalue weighted by Gasteiger charge is 2.11. The minimum atomic E-state index is -0.332. The fourth-order valence-corrected chi connectivity index (χ4v) is 2.24. The second-order valence-corrected chi connectivity index (χ2v) is 4.85. The van der Waals surface area contributed by atoms with E-state index in [-0.39, 0.29) is 5.82 Å². The van der Waals surface area contributed by atoms with Gasteiger partial charge in [0.15, 0.2) is 5.65 Å². The fraction of sp³-hybridized carbons (Fsp3) is 0.200. The fourth-order valence-electron chi connectivity index (χ4n) is 2.24. The molecular weight excluding hydrogens is 299 g/mol. The Hall–Kier alpha value is -3.03. The molecule has 1 amide bonds. The Morgan fingerprint density at radius 1 is 1.26 bits per heavy atom. The summed E-state index contributed by atoms with van der Waals surface area (Å²) >= 11 is 0. The van der Waals surface area contributed by atoms with E-state index in [1.807, 2.05) is 0 Å². The van der Waals surface area contributed by atoms with Gasteiger partial charge < -0.3 is 10.6 Å². The number of fused-ring (bicyclic) bond motifs is 1. The van der Waals surface area contributed by atoms with Crippen molar-refractivity contribution >= 4 is 23.3 Å². The molecule has 0 unspecified atom stereocenters. The highest BCUT2D eigenvalue weighted by molar-refractivity contribution is 5.87. The van der Waals surface area contributed by atoms with Gasteiger partial charge in [-0.3, -0.25) is 4.79 Å². The highest BCUT2D eigenvalue weighted by Crippen LogP contribution is 2.21. The van der Waals surface area contributed by atoms with Crippen molar-refractivity contribution in [3.63, 3.8) is 0 Å². The number of amides is 1. The SMILES string of the molecule is O=CNCCCNc1ncnc2c1cnn2-c1cccc(F)c1. The Labute approximate surface area is 131 Å². The average Bonchev–Trinajstić information content (AvgIpc) is 2.99. The molecule has 0 radical (unpaired) electrons. The van der Waals surface area contributed by atoms with Gasteiger partial charge >= 0.3 is 0 Å². The van der Waals surface area contributed by atoms with Crippen LogP contribution in [-0.4, -0.2) is 39.2 Å². The predicted octanol–water partition coefficient (Wildman–Crippen LogP) is 1.50. The summed E-state index contributed by atoms with van der Waals surface area (Å²) in [7, 11) is 0. The zero-order chi connectivity index (χ0) is 16.1. The lowest BCUT2D eigenvalue weighted by Gasteiger charge is -2.06. The number of hydrogen-bond donors (Lipinski definition) is 2. The average molecular weight is 314 g/mol. The Morgan fingerprint density at radius 3 is 3.00 bits per heavy atom. The largest absolute Gasteiger partial charge is 0.369 e. The molecule has 3 aromatic rings. The molecule has 0 atom stereocenters. The number of benzene rings is 1. The monoisotopic (exact) mass is 314 g/mol. The molecule has 0 fully saturated rings. The summed E-state index contributed by atoms with van der Waals surface area (Å²) in [5.41, 5.74) is 1.19. The first-order valence-corrected chi connectivity index (χ1v) is 7.15. The van der Waals surface area contributed by atoms with Gasteiger partial charge in [-0.15, -0.1) is 0 Å². The normalized spacial score (nSPS) is 10.7. The molecule has 0 aliphatic heterocycles. The van der Waals surface area contributed by atoms with E-state index in [1.54, 1.807) is 23.0 Å². The Kier molecular flexibility index (Phi) is 4.41. The number of anilines is 1. The molecule has 0 aliphatic carbocycles. The van der Waals surface area contributed by atoms with Gasteiger partial charge in [0.2, 0.25) is 6.41 Å². The summed E-state index contributed by atoms with van der Waals surface area (Å²) in [6, 6.07) is 6.16. The smallest absolute Gasteiger partial charge is 0.207 e. The molecule has 2 aromatic heterocycles. The van der Waals surface area contributed by atoms with Crippen LogP contribution in [0.25, 0.3) is 16.7 Å². The Balaban J connectivity index is 1.84. The van der Waals surface area contributed by atoms with Gasteiger partial charge in [0.05, 0.1) is 17.3 Å². The first-order chi connectivity index (χ1) is 11.3. The van der Waals surface area contributed by atoms with Gasteiger partial charge in [-0.2, -0.15) is 5.10 Å². The Bertz CT molecular complexity index is 819. The van der Waals surface area contributed by atoms with Crippen LogP contribution in [0.15, 0.2) is 36.8 Å². The van der Waals surface area contributed by atoms with E-state index in [4.69, 9.17) is 0 Å². The van der Waals surface area contributed by atoms with Crippen molar-refractivity contribution < 1.29 is 9.18 Å². The third-order valence-electron chi connectivity index (χ3n) is 3.29. The number of carbonyl (C=O) groups excluding carboxylic acids is 1. The van der Waals surface area contributed by atoms with Crippen molar-refractivity contribution in [3.05, 3.63) is 42.6 Å². The molecule has 3 rings (SSSR count). The molecule has 1 aromatic carbocycles. The summed E-state index contributed by atoms with van der Waals surface area (Å²) in [4.78, 5) is 18.6. The molecule has 0 saturated carbocycles. The molecule has 0 spiro atoms. The maximum Gasteiger partial charge on any atom is 0.207 e. The second kappa shape index (κ2) is 6.82. The summed E-state index contributed by atoms with van der Waals surface area (Å²) in [5, 5.41) is 10.8. The van der Waals surface area contributed by atoms with Crippen LogP contribution in [0.1, 0.15) is 6.42 Å². The summed E-state index contributed by atoms with van der Waals surface area (Å²) in [5.74, 6) is 0.324. The number of aromatic nitrogens is 4. The van der Waals surface area contributed by atoms with E-state index in [2.05, 4.69) is 25.7 Å². The molecule has 8 heteroatoms. The Morgan fingerprint density at radius 2 is 2.17 bits per heavy atom. The van der Waals surface area contributed by atoms with Gasteiger partial charge in [-0.25, -0.2) is 19.0 Å². The van der Waals surface area contributed by atoms with Gasteiger partial charge in [-0.05, 0) is 24.6 Å². The summed E-state index contributed by atoms with van der Waals surface area (Å²) in [6.45, 7) is 1.24. The van der Waals surface area contributed by atoms with Crippen LogP contribution in [0.2, 0.25) is 0 Å². The minimum absolute atomic E-state index is 0.332. The summed E-state index contributed by atoms with van der Waals surface area (Å²) < 4.78 is 15.0. The highest BCUT2D eigenvalue weighted by atomic mass is 19.1. The number of nitrogens with zero attached hydrogens (tertiary/aromatic N) is 4. The van der Waals surface area contributed by atoms with Gasteiger partial charge in [0.25, 0.3) is 0 Å². The van der Waals surface area contributed by atoms with E-state index in [9.17, 15) is 9.18 Å². The van der Waals surface area contributed by atoms with E-state index >= 15 is 0 Å². The number of rotatable bonds is 7.